The predicted octanol–water partition coefficient (Wildman–Crippen LogP) is 5.58. The van der Waals surface area contributed by atoms with Crippen LogP contribution in [0.4, 0.5) is 0 Å². The fourth-order valence-electron chi connectivity index (χ4n) is 2.53. The van der Waals surface area contributed by atoms with E-state index in [2.05, 4.69) is 80.6 Å². The first kappa shape index (κ1) is 12.7. The molecule has 1 aromatic carbocycles. The second kappa shape index (κ2) is 5.34. The van der Waals surface area contributed by atoms with Crippen LogP contribution in [0, 0.1) is 13.8 Å². The molecule has 20 heavy (non-hydrogen) atoms. The van der Waals surface area contributed by atoms with E-state index in [1.54, 1.807) is 0 Å². The second-order valence-corrected chi connectivity index (χ2v) is 5.26. The van der Waals surface area contributed by atoms with Gasteiger partial charge < -0.3 is 0 Å². The Morgan fingerprint density at radius 1 is 0.700 bits per heavy atom. The maximum Gasteiger partial charge on any atom is -0.0109 e. The van der Waals surface area contributed by atoms with Gasteiger partial charge in [0.15, 0.2) is 0 Å². The average Bonchev–Trinajstić information content (AvgIpc) is 2.73. The van der Waals surface area contributed by atoms with E-state index in [0.717, 1.165) is 0 Å². The summed E-state index contributed by atoms with van der Waals surface area (Å²) < 4.78 is 0. The van der Waals surface area contributed by atoms with E-state index in [1.807, 2.05) is 6.07 Å². The van der Waals surface area contributed by atoms with E-state index in [-0.39, 0.29) is 0 Å². The summed E-state index contributed by atoms with van der Waals surface area (Å²) in [7, 11) is 0. The average molecular weight is 258 g/mol. The van der Waals surface area contributed by atoms with Crippen molar-refractivity contribution in [1.29, 1.82) is 0 Å². The zero-order valence-corrected chi connectivity index (χ0v) is 11.9. The Labute approximate surface area is 120 Å². The molecule has 0 unspecified atom stereocenters. The highest BCUT2D eigenvalue weighted by Gasteiger charge is 2.08. The molecule has 2 aliphatic carbocycles. The third kappa shape index (κ3) is 2.50. The molecule has 0 saturated heterocycles. The molecule has 0 radical (unpaired) electrons. The van der Waals surface area contributed by atoms with E-state index in [4.69, 9.17) is 0 Å². The van der Waals surface area contributed by atoms with Gasteiger partial charge in [-0.1, -0.05) is 78.4 Å². The molecule has 0 aromatic heterocycles. The van der Waals surface area contributed by atoms with Crippen molar-refractivity contribution in [2.24, 2.45) is 0 Å². The molecular formula is C20H18. The fourth-order valence-corrected chi connectivity index (χ4v) is 2.53. The number of fused-ring (bicyclic) bond motifs is 1. The summed E-state index contributed by atoms with van der Waals surface area (Å²) in [5, 5.41) is 0. The minimum Gasteiger partial charge on any atom is -0.0622 e. The van der Waals surface area contributed by atoms with E-state index in [1.165, 1.54) is 33.4 Å². The standard InChI is InChI=1S/C20H18/c1-15-8-11-18(12-10-17-6-4-3-5-7-17)19-13-9-16(2)20(19)14-15/h3-14H,1-2H3/b12-10+. The highest BCUT2D eigenvalue weighted by Crippen LogP contribution is 2.31. The van der Waals surface area contributed by atoms with Gasteiger partial charge in [0.05, 0.1) is 0 Å². The summed E-state index contributed by atoms with van der Waals surface area (Å²) >= 11 is 0. The van der Waals surface area contributed by atoms with Crippen molar-refractivity contribution in [3.8, 4) is 11.1 Å². The molecule has 0 saturated carbocycles. The topological polar surface area (TPSA) is 0 Å². The van der Waals surface area contributed by atoms with Crippen molar-refractivity contribution < 1.29 is 0 Å². The monoisotopic (exact) mass is 258 g/mol. The molecule has 3 rings (SSSR count). The van der Waals surface area contributed by atoms with Crippen LogP contribution in [0.3, 0.4) is 0 Å². The Balaban J connectivity index is 2.06. The molecule has 2 aliphatic rings. The normalized spacial score (nSPS) is 11.3. The van der Waals surface area contributed by atoms with Crippen molar-refractivity contribution in [2.45, 2.75) is 13.8 Å². The van der Waals surface area contributed by atoms with Crippen LogP contribution in [0.2, 0.25) is 0 Å². The van der Waals surface area contributed by atoms with Gasteiger partial charge in [-0.25, -0.2) is 0 Å². The van der Waals surface area contributed by atoms with Gasteiger partial charge >= 0.3 is 0 Å². The van der Waals surface area contributed by atoms with E-state index < -0.39 is 0 Å². The van der Waals surface area contributed by atoms with Crippen molar-refractivity contribution in [3.05, 3.63) is 82.9 Å². The van der Waals surface area contributed by atoms with Crippen LogP contribution < -0.4 is 0 Å². The van der Waals surface area contributed by atoms with E-state index in [9.17, 15) is 0 Å². The van der Waals surface area contributed by atoms with Crippen molar-refractivity contribution >= 4 is 12.2 Å². The Morgan fingerprint density at radius 2 is 1.50 bits per heavy atom. The Morgan fingerprint density at radius 3 is 2.30 bits per heavy atom. The van der Waals surface area contributed by atoms with Gasteiger partial charge in [0, 0.05) is 0 Å². The molecular weight excluding hydrogens is 240 g/mol. The molecule has 0 aliphatic heterocycles. The third-order valence-electron chi connectivity index (χ3n) is 3.68. The lowest BCUT2D eigenvalue weighted by Crippen LogP contribution is -1.76. The number of benzene rings is 1. The highest BCUT2D eigenvalue weighted by molar-refractivity contribution is 5.83. The number of rotatable bonds is 2. The minimum absolute atomic E-state index is 1.23. The highest BCUT2D eigenvalue weighted by atomic mass is 14.1. The van der Waals surface area contributed by atoms with Crippen LogP contribution in [0.5, 0.6) is 0 Å². The van der Waals surface area contributed by atoms with Crippen LogP contribution in [0.25, 0.3) is 23.3 Å². The molecule has 0 nitrogen and oxygen atoms in total. The van der Waals surface area contributed by atoms with Gasteiger partial charge in [-0.2, -0.15) is 0 Å². The summed E-state index contributed by atoms with van der Waals surface area (Å²) in [5.74, 6) is 0. The van der Waals surface area contributed by atoms with Crippen molar-refractivity contribution in [3.63, 3.8) is 0 Å². The summed E-state index contributed by atoms with van der Waals surface area (Å²) in [6.07, 6.45) is 4.38. The first-order valence-corrected chi connectivity index (χ1v) is 6.97. The molecule has 0 heteroatoms. The zero-order valence-electron chi connectivity index (χ0n) is 11.9. The molecule has 0 atom stereocenters. The SMILES string of the molecule is Cc1ccc(/C=C/c2ccccc2)c2ccc(C)c-2c1. The van der Waals surface area contributed by atoms with Crippen LogP contribution in [-0.2, 0) is 0 Å². The molecule has 0 fully saturated rings. The molecule has 0 heterocycles. The summed E-state index contributed by atoms with van der Waals surface area (Å²) in [4.78, 5) is 0. The van der Waals surface area contributed by atoms with Crippen molar-refractivity contribution in [2.75, 3.05) is 0 Å². The van der Waals surface area contributed by atoms with Gasteiger partial charge in [-0.05, 0) is 41.7 Å². The number of hydrogen-bond donors (Lipinski definition) is 0. The van der Waals surface area contributed by atoms with Crippen LogP contribution >= 0.6 is 0 Å². The Bertz CT molecular complexity index is 721. The fraction of sp³-hybridized carbons (Fsp3) is 0.100. The van der Waals surface area contributed by atoms with Crippen LogP contribution in [0.15, 0.2) is 60.7 Å². The molecule has 0 N–H and O–H groups in total. The molecule has 0 spiro atoms. The second-order valence-electron chi connectivity index (χ2n) is 5.26. The van der Waals surface area contributed by atoms with Gasteiger partial charge in [-0.3, -0.25) is 0 Å². The summed E-state index contributed by atoms with van der Waals surface area (Å²) in [5.41, 5.74) is 7.80. The van der Waals surface area contributed by atoms with Gasteiger partial charge in [0.1, 0.15) is 0 Å². The molecule has 1 aromatic rings. The summed E-state index contributed by atoms with van der Waals surface area (Å²) in [6, 6.07) is 21.5. The Kier molecular flexibility index (Phi) is 3.39. The lowest BCUT2D eigenvalue weighted by atomic mass is 10.0. The lowest BCUT2D eigenvalue weighted by molar-refractivity contribution is 1.48. The van der Waals surface area contributed by atoms with Crippen molar-refractivity contribution in [1.82, 2.24) is 0 Å². The summed E-state index contributed by atoms with van der Waals surface area (Å²) in [6.45, 7) is 4.32. The first-order valence-electron chi connectivity index (χ1n) is 6.97. The van der Waals surface area contributed by atoms with Gasteiger partial charge in [-0.15, -0.1) is 0 Å². The molecule has 0 bridgehead atoms. The quantitative estimate of drug-likeness (QED) is 0.563. The zero-order chi connectivity index (χ0) is 13.9. The largest absolute Gasteiger partial charge is 0.0622 e. The minimum atomic E-state index is 1.23. The smallest absolute Gasteiger partial charge is 0.0109 e. The number of hydrogen-bond acceptors (Lipinski definition) is 0. The lowest BCUT2D eigenvalue weighted by Gasteiger charge is -2.00. The molecule has 0 amide bonds. The van der Waals surface area contributed by atoms with E-state index >= 15 is 0 Å². The van der Waals surface area contributed by atoms with Crippen LogP contribution in [-0.4, -0.2) is 0 Å². The first-order chi connectivity index (χ1) is 9.74. The maximum absolute atomic E-state index is 2.27. The third-order valence-corrected chi connectivity index (χ3v) is 3.68. The van der Waals surface area contributed by atoms with Gasteiger partial charge in [0.2, 0.25) is 0 Å². The maximum atomic E-state index is 2.27. The van der Waals surface area contributed by atoms with Gasteiger partial charge in [0.25, 0.3) is 0 Å². The van der Waals surface area contributed by atoms with Crippen LogP contribution in [0.1, 0.15) is 22.3 Å². The number of aryl methyl sites for hydroxylation is 2. The van der Waals surface area contributed by atoms with E-state index in [0.29, 0.717) is 0 Å². The Hall–Kier alpha value is -2.34. The molecule has 98 valence electrons. The predicted molar refractivity (Wildman–Crippen MR) is 87.9 cm³/mol.